The van der Waals surface area contributed by atoms with Crippen molar-refractivity contribution in [1.29, 1.82) is 0 Å². The molecule has 0 bridgehead atoms. The quantitative estimate of drug-likeness (QED) is 0.788. The first-order valence-corrected chi connectivity index (χ1v) is 6.57. The molecular weight excluding hydrogens is 270 g/mol. The van der Waals surface area contributed by atoms with Gasteiger partial charge in [-0.25, -0.2) is 9.97 Å². The summed E-state index contributed by atoms with van der Waals surface area (Å²) in [5.74, 6) is 2.33. The summed E-state index contributed by atoms with van der Waals surface area (Å²) in [6.07, 6.45) is 3.29. The van der Waals surface area contributed by atoms with E-state index in [1.807, 2.05) is 25.2 Å². The van der Waals surface area contributed by atoms with E-state index in [1.165, 1.54) is 6.33 Å². The van der Waals surface area contributed by atoms with Gasteiger partial charge in [0.15, 0.2) is 17.1 Å². The number of fused-ring (bicyclic) bond motifs is 2. The molecule has 1 aliphatic heterocycles. The van der Waals surface area contributed by atoms with Crippen molar-refractivity contribution in [1.82, 2.24) is 19.7 Å². The molecule has 21 heavy (non-hydrogen) atoms. The zero-order valence-corrected chi connectivity index (χ0v) is 11.4. The third-order valence-electron chi connectivity index (χ3n) is 3.45. The Morgan fingerprint density at radius 1 is 1.29 bits per heavy atom. The molecule has 0 atom stereocenters. The lowest BCUT2D eigenvalue weighted by molar-refractivity contribution is 0.173. The van der Waals surface area contributed by atoms with Crippen LogP contribution in [0.25, 0.3) is 11.0 Å². The van der Waals surface area contributed by atoms with Gasteiger partial charge >= 0.3 is 0 Å². The Morgan fingerprint density at radius 2 is 2.24 bits per heavy atom. The molecule has 0 fully saturated rings. The molecule has 4 rings (SSSR count). The van der Waals surface area contributed by atoms with Gasteiger partial charge in [-0.15, -0.1) is 0 Å². The van der Waals surface area contributed by atoms with Crippen molar-refractivity contribution in [2.24, 2.45) is 7.05 Å². The lowest BCUT2D eigenvalue weighted by Crippen LogP contribution is -2.04. The summed E-state index contributed by atoms with van der Waals surface area (Å²) in [5.41, 5.74) is 1.83. The normalized spacial score (nSPS) is 12.8. The second-order valence-electron chi connectivity index (χ2n) is 4.73. The highest BCUT2D eigenvalue weighted by Gasteiger charge is 2.17. The minimum absolute atomic E-state index is 0.271. The van der Waals surface area contributed by atoms with Crippen molar-refractivity contribution < 1.29 is 9.47 Å². The van der Waals surface area contributed by atoms with Gasteiger partial charge in [0.1, 0.15) is 12.1 Å². The van der Waals surface area contributed by atoms with E-state index >= 15 is 0 Å². The number of aryl methyl sites for hydroxylation is 1. The molecular formula is C14H13N5O2. The van der Waals surface area contributed by atoms with Crippen molar-refractivity contribution in [3.05, 3.63) is 36.3 Å². The first-order valence-electron chi connectivity index (χ1n) is 6.57. The largest absolute Gasteiger partial charge is 0.454 e. The van der Waals surface area contributed by atoms with Gasteiger partial charge in [-0.2, -0.15) is 5.10 Å². The Labute approximate surface area is 120 Å². The predicted octanol–water partition coefficient (Wildman–Crippen LogP) is 1.70. The van der Waals surface area contributed by atoms with E-state index in [0.29, 0.717) is 6.54 Å². The SMILES string of the molecule is Cn1ncc2c(NCc3cccc4c3OCO4)ncnc21. The van der Waals surface area contributed by atoms with Crippen LogP contribution in [0.1, 0.15) is 5.56 Å². The molecule has 0 aliphatic carbocycles. The number of aromatic nitrogens is 4. The topological polar surface area (TPSA) is 74.1 Å². The van der Waals surface area contributed by atoms with Crippen LogP contribution in [0.4, 0.5) is 5.82 Å². The van der Waals surface area contributed by atoms with Crippen molar-refractivity contribution >= 4 is 16.9 Å². The van der Waals surface area contributed by atoms with E-state index in [9.17, 15) is 0 Å². The van der Waals surface area contributed by atoms with Crippen LogP contribution in [-0.4, -0.2) is 26.5 Å². The van der Waals surface area contributed by atoms with Gasteiger partial charge in [0.25, 0.3) is 0 Å². The molecule has 1 aliphatic rings. The monoisotopic (exact) mass is 283 g/mol. The average Bonchev–Trinajstić information content (AvgIpc) is 3.13. The van der Waals surface area contributed by atoms with Crippen LogP contribution in [0.5, 0.6) is 11.5 Å². The number of rotatable bonds is 3. The lowest BCUT2D eigenvalue weighted by Gasteiger charge is -2.08. The number of ether oxygens (including phenoxy) is 2. The Hall–Kier alpha value is -2.83. The van der Waals surface area contributed by atoms with Crippen LogP contribution >= 0.6 is 0 Å². The van der Waals surface area contributed by atoms with E-state index in [-0.39, 0.29) is 6.79 Å². The molecule has 1 aromatic carbocycles. The number of anilines is 1. The fourth-order valence-corrected chi connectivity index (χ4v) is 2.41. The standard InChI is InChI=1S/C14H13N5O2/c1-19-14-10(6-18-19)13(16-7-17-14)15-5-9-3-2-4-11-12(9)21-8-20-11/h2-4,6-7H,5,8H2,1H3,(H,15,16,17). The molecule has 106 valence electrons. The molecule has 0 saturated carbocycles. The molecule has 0 spiro atoms. The summed E-state index contributed by atoms with van der Waals surface area (Å²) >= 11 is 0. The fourth-order valence-electron chi connectivity index (χ4n) is 2.41. The summed E-state index contributed by atoms with van der Waals surface area (Å²) in [7, 11) is 1.86. The van der Waals surface area contributed by atoms with Crippen molar-refractivity contribution in [2.45, 2.75) is 6.54 Å². The van der Waals surface area contributed by atoms with Crippen LogP contribution < -0.4 is 14.8 Å². The van der Waals surface area contributed by atoms with Gasteiger partial charge in [-0.1, -0.05) is 12.1 Å². The predicted molar refractivity (Wildman–Crippen MR) is 76.2 cm³/mol. The molecule has 0 radical (unpaired) electrons. The first-order chi connectivity index (χ1) is 10.3. The van der Waals surface area contributed by atoms with E-state index < -0.39 is 0 Å². The first kappa shape index (κ1) is 12.0. The van der Waals surface area contributed by atoms with Crippen molar-refractivity contribution in [3.8, 4) is 11.5 Å². The Morgan fingerprint density at radius 3 is 3.19 bits per heavy atom. The summed E-state index contributed by atoms with van der Waals surface area (Å²) in [6, 6.07) is 5.85. The smallest absolute Gasteiger partial charge is 0.231 e. The molecule has 0 unspecified atom stereocenters. The number of para-hydroxylation sites is 1. The van der Waals surface area contributed by atoms with Gasteiger partial charge in [-0.3, -0.25) is 4.68 Å². The lowest BCUT2D eigenvalue weighted by atomic mass is 10.2. The van der Waals surface area contributed by atoms with E-state index in [0.717, 1.165) is 33.9 Å². The maximum absolute atomic E-state index is 5.50. The molecule has 0 saturated heterocycles. The Kier molecular flexibility index (Phi) is 2.63. The maximum Gasteiger partial charge on any atom is 0.231 e. The van der Waals surface area contributed by atoms with E-state index in [1.54, 1.807) is 10.9 Å². The number of nitrogens with zero attached hydrogens (tertiary/aromatic N) is 4. The highest BCUT2D eigenvalue weighted by atomic mass is 16.7. The molecule has 2 aromatic heterocycles. The molecule has 3 heterocycles. The number of hydrogen-bond donors (Lipinski definition) is 1. The van der Waals surface area contributed by atoms with Gasteiger partial charge in [0.2, 0.25) is 6.79 Å². The minimum atomic E-state index is 0.271. The minimum Gasteiger partial charge on any atom is -0.454 e. The zero-order chi connectivity index (χ0) is 14.2. The third kappa shape index (κ3) is 1.94. The van der Waals surface area contributed by atoms with Crippen LogP contribution in [0.2, 0.25) is 0 Å². The number of hydrogen-bond acceptors (Lipinski definition) is 6. The van der Waals surface area contributed by atoms with Gasteiger partial charge in [0.05, 0.1) is 11.6 Å². The maximum atomic E-state index is 5.50. The second-order valence-corrected chi connectivity index (χ2v) is 4.73. The Balaban J connectivity index is 1.63. The Bertz CT molecular complexity index is 814. The molecule has 7 heteroatoms. The van der Waals surface area contributed by atoms with Gasteiger partial charge in [-0.05, 0) is 6.07 Å². The van der Waals surface area contributed by atoms with Crippen LogP contribution in [0, 0.1) is 0 Å². The molecule has 7 nitrogen and oxygen atoms in total. The van der Waals surface area contributed by atoms with Gasteiger partial charge < -0.3 is 14.8 Å². The zero-order valence-electron chi connectivity index (χ0n) is 11.4. The average molecular weight is 283 g/mol. The van der Waals surface area contributed by atoms with Crippen LogP contribution in [0.15, 0.2) is 30.7 Å². The van der Waals surface area contributed by atoms with Crippen molar-refractivity contribution in [2.75, 3.05) is 12.1 Å². The molecule has 3 aromatic rings. The number of benzene rings is 1. The van der Waals surface area contributed by atoms with Gasteiger partial charge in [0, 0.05) is 19.2 Å². The molecule has 0 amide bonds. The van der Waals surface area contributed by atoms with Crippen molar-refractivity contribution in [3.63, 3.8) is 0 Å². The van der Waals surface area contributed by atoms with E-state index in [2.05, 4.69) is 20.4 Å². The highest BCUT2D eigenvalue weighted by Crippen LogP contribution is 2.35. The van der Waals surface area contributed by atoms with Crippen LogP contribution in [0.3, 0.4) is 0 Å². The summed E-state index contributed by atoms with van der Waals surface area (Å²) < 4.78 is 12.6. The highest BCUT2D eigenvalue weighted by molar-refractivity contribution is 5.85. The third-order valence-corrected chi connectivity index (χ3v) is 3.45. The van der Waals surface area contributed by atoms with Crippen LogP contribution in [-0.2, 0) is 13.6 Å². The fraction of sp³-hybridized carbons (Fsp3) is 0.214. The second kappa shape index (κ2) is 4.62. The molecule has 1 N–H and O–H groups in total. The number of nitrogens with one attached hydrogen (secondary N) is 1. The van der Waals surface area contributed by atoms with E-state index in [4.69, 9.17) is 9.47 Å². The summed E-state index contributed by atoms with van der Waals surface area (Å²) in [5, 5.41) is 8.40. The summed E-state index contributed by atoms with van der Waals surface area (Å²) in [4.78, 5) is 8.50. The summed E-state index contributed by atoms with van der Waals surface area (Å²) in [6.45, 7) is 0.861.